The molecule has 2 N–H and O–H groups in total. The maximum atomic E-state index is 14.1. The highest BCUT2D eigenvalue weighted by Crippen LogP contribution is 2.57. The van der Waals surface area contributed by atoms with Gasteiger partial charge in [0.2, 0.25) is 0 Å². The molecule has 5 unspecified atom stereocenters. The molecule has 3 aromatic rings. The molecule has 2 bridgehead atoms. The maximum Gasteiger partial charge on any atom is 0.284 e. The van der Waals surface area contributed by atoms with Crippen LogP contribution in [0.3, 0.4) is 0 Å². The smallest absolute Gasteiger partial charge is 0.284 e. The summed E-state index contributed by atoms with van der Waals surface area (Å²) in [6, 6.07) is 6.91. The van der Waals surface area contributed by atoms with E-state index in [1.807, 2.05) is 38.0 Å². The Morgan fingerprint density at radius 3 is 2.49 bits per heavy atom. The molecule has 5 heterocycles. The van der Waals surface area contributed by atoms with E-state index in [4.69, 9.17) is 12.8 Å². The zero-order chi connectivity index (χ0) is 49.6. The third-order valence-electron chi connectivity index (χ3n) is 15.7. The van der Waals surface area contributed by atoms with Crippen LogP contribution in [0.15, 0.2) is 79.9 Å². The van der Waals surface area contributed by atoms with Crippen LogP contribution in [0.2, 0.25) is 5.31 Å². The van der Waals surface area contributed by atoms with Crippen molar-refractivity contribution in [1.29, 1.82) is 0 Å². The molecule has 1 aromatic carbocycles. The molecule has 14 heteroatoms. The summed E-state index contributed by atoms with van der Waals surface area (Å²) in [5, 5.41) is 14.7. The fourth-order valence-corrected chi connectivity index (χ4v) is 11.9. The van der Waals surface area contributed by atoms with Crippen molar-refractivity contribution in [3.63, 3.8) is 0 Å². The predicted molar refractivity (Wildman–Crippen MR) is 284 cm³/mol. The van der Waals surface area contributed by atoms with Crippen molar-refractivity contribution in [2.75, 3.05) is 62.9 Å². The van der Waals surface area contributed by atoms with Crippen molar-refractivity contribution in [3.8, 4) is 11.8 Å². The summed E-state index contributed by atoms with van der Waals surface area (Å²) in [4.78, 5) is 14.3. The number of hydrogen-bond donors (Lipinski definition) is 2. The summed E-state index contributed by atoms with van der Waals surface area (Å²) in [5.41, 5.74) is 5.22. The molecule has 0 amide bonds. The Bertz CT molecular complexity index is 2380. The van der Waals surface area contributed by atoms with Crippen molar-refractivity contribution in [2.45, 2.75) is 141 Å². The summed E-state index contributed by atoms with van der Waals surface area (Å²) in [5.74, 6) is 10.4. The van der Waals surface area contributed by atoms with Gasteiger partial charge in [-0.15, -0.1) is 6.58 Å². The second-order valence-corrected chi connectivity index (χ2v) is 21.3. The monoisotopic (exact) mass is 942 g/mol. The Morgan fingerprint density at radius 1 is 1.07 bits per heavy atom. The van der Waals surface area contributed by atoms with E-state index in [-0.39, 0.29) is 28.9 Å². The van der Waals surface area contributed by atoms with Gasteiger partial charge in [-0.05, 0) is 119 Å². The lowest BCUT2D eigenvalue weighted by Gasteiger charge is -2.49. The van der Waals surface area contributed by atoms with E-state index < -0.39 is 11.7 Å². The van der Waals surface area contributed by atoms with Crippen molar-refractivity contribution < 1.29 is 8.78 Å². The number of halogens is 2. The molecular formula is C55H78BF2N11. The van der Waals surface area contributed by atoms with Gasteiger partial charge >= 0.3 is 0 Å². The van der Waals surface area contributed by atoms with E-state index in [1.54, 1.807) is 17.1 Å². The minimum Gasteiger partial charge on any atom is -0.390 e. The van der Waals surface area contributed by atoms with Gasteiger partial charge in [-0.1, -0.05) is 77.3 Å². The molecule has 4 fully saturated rings. The van der Waals surface area contributed by atoms with E-state index in [1.165, 1.54) is 51.6 Å². The highest BCUT2D eigenvalue weighted by Gasteiger charge is 2.46. The first kappa shape index (κ1) is 51.6. The number of para-hydroxylation sites is 1. The van der Waals surface area contributed by atoms with Gasteiger partial charge in [-0.3, -0.25) is 4.68 Å². The number of nitrogens with one attached hydrogen (secondary N) is 2. The summed E-state index contributed by atoms with van der Waals surface area (Å²) >= 11 is 0. The number of hydrogen-bond acceptors (Lipinski definition) is 9. The Hall–Kier alpha value is -5.29. The SMILES string of the molecule is C=CCCC(C(=C)NC)N(C)c1cccc(C#CCCC2CCN(C)CC2)c1N(C)C=C.[B]C1(C)CCCC(C)(C)C1n1cc(NC(=C)c2cnn3c2N=C(N2CC4CCC2C4)CC3)c(C(F)F)n1. The average molecular weight is 942 g/mol. The number of aryl methyl sites for hydroxylation is 1. The first-order valence-electron chi connectivity index (χ1n) is 25.3. The highest BCUT2D eigenvalue weighted by molar-refractivity contribution is 6.15. The molecular weight excluding hydrogens is 863 g/mol. The number of amidine groups is 1. The van der Waals surface area contributed by atoms with Gasteiger partial charge in [-0.25, -0.2) is 18.5 Å². The normalized spacial score (nSPS) is 23.4. The van der Waals surface area contributed by atoms with Crippen LogP contribution in [-0.2, 0) is 6.54 Å². The molecule has 5 atom stereocenters. The van der Waals surface area contributed by atoms with Gasteiger partial charge in [0.05, 0.1) is 60.9 Å². The number of allylic oxidation sites excluding steroid dienone is 1. The van der Waals surface area contributed by atoms with Crippen LogP contribution in [0.25, 0.3) is 5.70 Å². The Kier molecular flexibility index (Phi) is 16.6. The molecule has 2 saturated carbocycles. The summed E-state index contributed by atoms with van der Waals surface area (Å²) in [6.07, 6.45) is 18.6. The van der Waals surface area contributed by atoms with Crippen LogP contribution < -0.4 is 20.4 Å². The molecule has 2 saturated heterocycles. The number of rotatable bonds is 16. The van der Waals surface area contributed by atoms with Crippen LogP contribution in [0, 0.1) is 29.1 Å². The molecule has 2 radical (unpaired) electrons. The number of likely N-dealkylation sites (N-methyl/N-ethyl adjacent to an activating group) is 2. The first-order chi connectivity index (χ1) is 33.0. The standard InChI is InChI=1S/C28H42N4.C27H36BF2N7/c1-8-10-17-26(23(3)29-4)32(7)27-18-13-16-25(28(27)31(6)9-2)15-12-11-14-24-19-21-30(5)22-20-24;1-16(19-13-31-36-11-8-21(33-24(19)36)35-14-17-6-7-18(35)12-17)32-20-15-37(34-22(20)23(29)30)25-26(2,3)9-5-10-27(25,4)28/h8-9,13,16,18,24,26,29H,1-3,10-11,14,17,19-22H2,4-7H3;13,15,17-18,23,25,32H,1,5-12,14H2,2-4H3. The van der Waals surface area contributed by atoms with E-state index in [2.05, 4.69) is 125 Å². The van der Waals surface area contributed by atoms with E-state index in [0.717, 1.165) is 110 Å². The average Bonchev–Trinajstić information content (AvgIpc) is 4.15. The minimum absolute atomic E-state index is 0.155. The molecule has 0 spiro atoms. The molecule has 370 valence electrons. The number of alkyl halides is 2. The lowest BCUT2D eigenvalue weighted by Crippen LogP contribution is -2.40. The lowest BCUT2D eigenvalue weighted by atomic mass is 9.52. The third-order valence-corrected chi connectivity index (χ3v) is 15.7. The largest absolute Gasteiger partial charge is 0.390 e. The van der Waals surface area contributed by atoms with Gasteiger partial charge in [0.1, 0.15) is 5.84 Å². The van der Waals surface area contributed by atoms with Crippen molar-refractivity contribution in [1.82, 2.24) is 34.7 Å². The number of aromatic nitrogens is 4. The number of benzene rings is 1. The van der Waals surface area contributed by atoms with Gasteiger partial charge in [0.25, 0.3) is 6.43 Å². The minimum atomic E-state index is -2.73. The van der Waals surface area contributed by atoms with Crippen LogP contribution in [0.1, 0.15) is 134 Å². The van der Waals surface area contributed by atoms with Gasteiger partial charge in [0.15, 0.2) is 11.5 Å². The van der Waals surface area contributed by atoms with Crippen molar-refractivity contribution in [3.05, 3.63) is 91.7 Å². The number of fused-ring (bicyclic) bond motifs is 3. The molecule has 2 aromatic heterocycles. The second-order valence-electron chi connectivity index (χ2n) is 21.3. The van der Waals surface area contributed by atoms with Crippen molar-refractivity contribution in [2.24, 2.45) is 22.2 Å². The lowest BCUT2D eigenvalue weighted by molar-refractivity contribution is 0.0890. The summed E-state index contributed by atoms with van der Waals surface area (Å²) in [6.45, 7) is 26.9. The maximum absolute atomic E-state index is 14.1. The Labute approximate surface area is 413 Å². The number of piperidine rings is 2. The molecule has 8 rings (SSSR count). The number of nitrogens with zero attached hydrogens (tertiary/aromatic N) is 9. The molecule has 69 heavy (non-hydrogen) atoms. The molecule has 11 nitrogen and oxygen atoms in total. The zero-order valence-corrected chi connectivity index (χ0v) is 42.7. The number of likely N-dealkylation sites (tertiary alicyclic amines) is 2. The molecule has 2 aliphatic carbocycles. The number of aliphatic imine (C=N–C) groups is 1. The predicted octanol–water partition coefficient (Wildman–Crippen LogP) is 11.4. The van der Waals surface area contributed by atoms with E-state index >= 15 is 0 Å². The molecule has 5 aliphatic rings. The fraction of sp³-hybridized carbons (Fsp3) is 0.582. The molecule has 3 aliphatic heterocycles. The van der Waals surface area contributed by atoms with Crippen LogP contribution in [-0.4, -0.2) is 103 Å². The van der Waals surface area contributed by atoms with Crippen LogP contribution >= 0.6 is 0 Å². The Balaban J connectivity index is 0.000000207. The summed E-state index contributed by atoms with van der Waals surface area (Å²) in [7, 11) is 15.0. The van der Waals surface area contributed by atoms with Crippen LogP contribution in [0.4, 0.5) is 31.7 Å². The second kappa shape index (κ2) is 22.2. The third kappa shape index (κ3) is 11.7. The number of anilines is 3. The summed E-state index contributed by atoms with van der Waals surface area (Å²) < 4.78 is 31.8. The first-order valence-corrected chi connectivity index (χ1v) is 25.3. The van der Waals surface area contributed by atoms with Gasteiger partial charge in [-0.2, -0.15) is 10.2 Å². The van der Waals surface area contributed by atoms with E-state index in [9.17, 15) is 8.78 Å². The van der Waals surface area contributed by atoms with Gasteiger partial charge < -0.3 is 30.2 Å². The fourth-order valence-electron chi connectivity index (χ4n) is 11.9. The van der Waals surface area contributed by atoms with Crippen LogP contribution in [0.5, 0.6) is 0 Å². The highest BCUT2D eigenvalue weighted by atomic mass is 19.3. The van der Waals surface area contributed by atoms with Crippen molar-refractivity contribution >= 4 is 42.3 Å². The topological polar surface area (TPSA) is 85.0 Å². The zero-order valence-electron chi connectivity index (χ0n) is 42.7. The van der Waals surface area contributed by atoms with Gasteiger partial charge in [0, 0.05) is 64.2 Å². The Morgan fingerprint density at radius 2 is 1.84 bits per heavy atom. The van der Waals surface area contributed by atoms with E-state index in [0.29, 0.717) is 11.7 Å². The quantitative estimate of drug-likeness (QED) is 0.0835.